The van der Waals surface area contributed by atoms with Crippen LogP contribution in [0.4, 0.5) is 4.39 Å². The second-order valence-electron chi connectivity index (χ2n) is 11.0. The molecule has 7 heteroatoms. The molecule has 1 saturated carbocycles. The molecule has 0 radical (unpaired) electrons. The van der Waals surface area contributed by atoms with Gasteiger partial charge < -0.3 is 25.6 Å². The SMILES string of the molecule is COCCCCC(O)(c1cccc(F)c1C1=CCCCC1)C1CCCN(C(=O)C2CC(N)C(O)C2)C1. The summed E-state index contributed by atoms with van der Waals surface area (Å²) in [7, 11) is 1.67. The van der Waals surface area contributed by atoms with Gasteiger partial charge in [-0.2, -0.15) is 0 Å². The van der Waals surface area contributed by atoms with Crippen LogP contribution in [0.2, 0.25) is 0 Å². The van der Waals surface area contributed by atoms with E-state index in [1.165, 1.54) is 6.07 Å². The number of nitrogens with two attached hydrogens (primary N) is 1. The number of likely N-dealkylation sites (tertiary alicyclic amines) is 1. The molecule has 1 aromatic rings. The number of methoxy groups -OCH3 is 1. The highest BCUT2D eigenvalue weighted by atomic mass is 19.1. The number of rotatable bonds is 9. The Morgan fingerprint density at radius 1 is 1.25 bits per heavy atom. The van der Waals surface area contributed by atoms with E-state index in [9.17, 15) is 15.0 Å². The van der Waals surface area contributed by atoms with Gasteiger partial charge in [0, 0.05) is 50.2 Å². The van der Waals surface area contributed by atoms with Crippen LogP contribution in [0.3, 0.4) is 0 Å². The number of nitrogens with zero attached hydrogens (tertiary/aromatic N) is 1. The maximum Gasteiger partial charge on any atom is 0.225 e. The van der Waals surface area contributed by atoms with Gasteiger partial charge in [0.05, 0.1) is 11.7 Å². The molecule has 0 spiro atoms. The van der Waals surface area contributed by atoms with Crippen LogP contribution >= 0.6 is 0 Å². The van der Waals surface area contributed by atoms with Crippen molar-refractivity contribution in [3.63, 3.8) is 0 Å². The summed E-state index contributed by atoms with van der Waals surface area (Å²) >= 11 is 0. The van der Waals surface area contributed by atoms with Crippen molar-refractivity contribution in [1.82, 2.24) is 4.90 Å². The number of ether oxygens (including phenoxy) is 1. The monoisotopic (exact) mass is 502 g/mol. The number of hydrogen-bond donors (Lipinski definition) is 3. The van der Waals surface area contributed by atoms with E-state index >= 15 is 4.39 Å². The van der Waals surface area contributed by atoms with Crippen molar-refractivity contribution in [3.05, 3.63) is 41.2 Å². The van der Waals surface area contributed by atoms with Crippen molar-refractivity contribution in [2.75, 3.05) is 26.8 Å². The summed E-state index contributed by atoms with van der Waals surface area (Å²) in [6.45, 7) is 1.67. The number of benzene rings is 1. The van der Waals surface area contributed by atoms with E-state index < -0.39 is 11.7 Å². The van der Waals surface area contributed by atoms with Crippen molar-refractivity contribution >= 4 is 11.5 Å². The number of carbonyl (C=O) groups excluding carboxylic acids is 1. The molecule has 1 amide bonds. The van der Waals surface area contributed by atoms with Crippen LogP contribution in [0.25, 0.3) is 5.57 Å². The lowest BCUT2D eigenvalue weighted by Gasteiger charge is -2.44. The van der Waals surface area contributed by atoms with E-state index in [-0.39, 0.29) is 29.6 Å². The fourth-order valence-corrected chi connectivity index (χ4v) is 6.55. The van der Waals surface area contributed by atoms with Gasteiger partial charge in [0.1, 0.15) is 5.82 Å². The Kier molecular flexibility index (Phi) is 9.20. The molecule has 5 unspecified atom stereocenters. The first kappa shape index (κ1) is 27.2. The van der Waals surface area contributed by atoms with E-state index in [0.29, 0.717) is 50.1 Å². The van der Waals surface area contributed by atoms with E-state index in [1.54, 1.807) is 13.2 Å². The van der Waals surface area contributed by atoms with Crippen molar-refractivity contribution in [1.29, 1.82) is 0 Å². The number of unbranched alkanes of at least 4 members (excludes halogenated alkanes) is 1. The standard InChI is InChI=1S/C29H43FN2O4/c1-36-16-6-5-14-29(35,23-12-7-13-24(30)27(23)20-9-3-2-4-10-20)22-11-8-15-32(19-22)28(34)21-17-25(31)26(33)18-21/h7,9,12-13,21-22,25-26,33,35H,2-6,8,10-11,14-19,31H2,1H3. The molecule has 2 aliphatic carbocycles. The largest absolute Gasteiger partial charge is 0.391 e. The number of halogens is 1. The Hall–Kier alpha value is -1.80. The van der Waals surface area contributed by atoms with Gasteiger partial charge in [-0.15, -0.1) is 0 Å². The quantitative estimate of drug-likeness (QED) is 0.442. The normalized spacial score (nSPS) is 28.6. The molecule has 0 bridgehead atoms. The number of allylic oxidation sites excluding steroid dienone is 2. The third-order valence-corrected chi connectivity index (χ3v) is 8.58. The summed E-state index contributed by atoms with van der Waals surface area (Å²) < 4.78 is 20.6. The number of piperidine rings is 1. The highest BCUT2D eigenvalue weighted by Crippen LogP contribution is 2.45. The van der Waals surface area contributed by atoms with Crippen molar-refractivity contribution < 1.29 is 24.1 Å². The summed E-state index contributed by atoms with van der Waals surface area (Å²) in [5.41, 5.74) is 6.92. The van der Waals surface area contributed by atoms with Crippen LogP contribution in [0.15, 0.2) is 24.3 Å². The molecule has 0 aromatic heterocycles. The van der Waals surface area contributed by atoms with Gasteiger partial charge in [0.25, 0.3) is 0 Å². The van der Waals surface area contributed by atoms with Crippen molar-refractivity contribution in [2.45, 2.75) is 88.4 Å². The average Bonchev–Trinajstić information content (AvgIpc) is 3.24. The minimum atomic E-state index is -1.26. The average molecular weight is 503 g/mol. The topological polar surface area (TPSA) is 96.0 Å². The second kappa shape index (κ2) is 12.2. The lowest BCUT2D eigenvalue weighted by molar-refractivity contribution is -0.141. The Balaban J connectivity index is 1.64. The molecule has 1 heterocycles. The first-order chi connectivity index (χ1) is 17.3. The van der Waals surface area contributed by atoms with Crippen molar-refractivity contribution in [2.24, 2.45) is 17.6 Å². The molecule has 200 valence electrons. The molecule has 3 aliphatic rings. The number of amides is 1. The summed E-state index contributed by atoms with van der Waals surface area (Å²) in [5.74, 6) is -0.750. The van der Waals surface area contributed by atoms with E-state index in [4.69, 9.17) is 10.5 Å². The highest BCUT2D eigenvalue weighted by Gasteiger charge is 2.45. The van der Waals surface area contributed by atoms with Crippen LogP contribution in [-0.4, -0.2) is 60.0 Å². The Labute approximate surface area is 214 Å². The number of aliphatic hydroxyl groups is 2. The van der Waals surface area contributed by atoms with Gasteiger partial charge in [-0.25, -0.2) is 4.39 Å². The summed E-state index contributed by atoms with van der Waals surface area (Å²) in [5, 5.41) is 22.5. The Morgan fingerprint density at radius 3 is 2.78 bits per heavy atom. The zero-order valence-corrected chi connectivity index (χ0v) is 21.6. The maximum atomic E-state index is 15.4. The van der Waals surface area contributed by atoms with E-state index in [0.717, 1.165) is 56.9 Å². The molecular weight excluding hydrogens is 459 g/mol. The van der Waals surface area contributed by atoms with Crippen LogP contribution in [0, 0.1) is 17.7 Å². The van der Waals surface area contributed by atoms with Crippen LogP contribution in [0.1, 0.15) is 81.8 Å². The van der Waals surface area contributed by atoms with Crippen LogP contribution < -0.4 is 5.73 Å². The fourth-order valence-electron chi connectivity index (χ4n) is 6.55. The molecule has 4 rings (SSSR count). The molecule has 4 N–H and O–H groups in total. The maximum absolute atomic E-state index is 15.4. The van der Waals surface area contributed by atoms with Gasteiger partial charge >= 0.3 is 0 Å². The molecule has 2 fully saturated rings. The smallest absolute Gasteiger partial charge is 0.225 e. The molecule has 6 nitrogen and oxygen atoms in total. The van der Waals surface area contributed by atoms with Crippen LogP contribution in [0.5, 0.6) is 0 Å². The van der Waals surface area contributed by atoms with E-state index in [2.05, 4.69) is 6.08 Å². The molecule has 36 heavy (non-hydrogen) atoms. The Morgan fingerprint density at radius 2 is 2.08 bits per heavy atom. The molecule has 5 atom stereocenters. The van der Waals surface area contributed by atoms with Gasteiger partial charge in [0.2, 0.25) is 5.91 Å². The first-order valence-corrected chi connectivity index (χ1v) is 13.8. The number of carbonyl (C=O) groups is 1. The zero-order chi connectivity index (χ0) is 25.7. The minimum Gasteiger partial charge on any atom is -0.391 e. The fraction of sp³-hybridized carbons (Fsp3) is 0.690. The Bertz CT molecular complexity index is 928. The third kappa shape index (κ3) is 5.85. The molecular formula is C29H43FN2O4. The summed E-state index contributed by atoms with van der Waals surface area (Å²) in [6, 6.07) is 4.71. The number of hydrogen-bond acceptors (Lipinski definition) is 5. The lowest BCUT2D eigenvalue weighted by Crippen LogP contribution is -2.49. The van der Waals surface area contributed by atoms with Gasteiger partial charge in [-0.1, -0.05) is 18.2 Å². The van der Waals surface area contributed by atoms with E-state index in [1.807, 2.05) is 11.0 Å². The molecule has 1 saturated heterocycles. The minimum absolute atomic E-state index is 0.0166. The van der Waals surface area contributed by atoms with Gasteiger partial charge in [-0.3, -0.25) is 4.79 Å². The predicted octanol–water partition coefficient (Wildman–Crippen LogP) is 4.12. The number of aliphatic hydroxyl groups excluding tert-OH is 1. The third-order valence-electron chi connectivity index (χ3n) is 8.58. The second-order valence-corrected chi connectivity index (χ2v) is 11.0. The molecule has 1 aliphatic heterocycles. The van der Waals surface area contributed by atoms with Gasteiger partial charge in [0.15, 0.2) is 0 Å². The van der Waals surface area contributed by atoms with Crippen molar-refractivity contribution in [3.8, 4) is 0 Å². The zero-order valence-electron chi connectivity index (χ0n) is 21.6. The van der Waals surface area contributed by atoms with Crippen LogP contribution in [-0.2, 0) is 15.1 Å². The van der Waals surface area contributed by atoms with Gasteiger partial charge in [-0.05, 0) is 87.8 Å². The summed E-state index contributed by atoms with van der Waals surface area (Å²) in [4.78, 5) is 15.2. The first-order valence-electron chi connectivity index (χ1n) is 13.8. The highest BCUT2D eigenvalue weighted by molar-refractivity contribution is 5.79. The predicted molar refractivity (Wildman–Crippen MR) is 138 cm³/mol. The molecule has 1 aromatic carbocycles. The summed E-state index contributed by atoms with van der Waals surface area (Å²) in [6.07, 6.45) is 9.82. The lowest BCUT2D eigenvalue weighted by atomic mass is 9.71.